The molecule has 1 aliphatic rings. The molecule has 0 bridgehead atoms. The minimum atomic E-state index is -0.294. The maximum atomic E-state index is 13.2. The van der Waals surface area contributed by atoms with Crippen molar-refractivity contribution >= 4 is 23.1 Å². The zero-order valence-corrected chi connectivity index (χ0v) is 10.8. The smallest absolute Gasteiger partial charge is 0.224 e. The average molecular weight is 279 g/mol. The van der Waals surface area contributed by atoms with Crippen LogP contribution in [-0.2, 0) is 13.0 Å². The van der Waals surface area contributed by atoms with E-state index in [0.717, 1.165) is 24.2 Å². The Balaban J connectivity index is 1.98. The Kier molecular flexibility index (Phi) is 3.31. The number of rotatable bonds is 2. The van der Waals surface area contributed by atoms with Crippen molar-refractivity contribution in [1.82, 2.24) is 15.3 Å². The molecular formula is C13H12ClFN4. The van der Waals surface area contributed by atoms with Crippen molar-refractivity contribution in [3.63, 3.8) is 0 Å². The fourth-order valence-corrected chi connectivity index (χ4v) is 2.31. The van der Waals surface area contributed by atoms with Crippen molar-refractivity contribution < 1.29 is 4.39 Å². The van der Waals surface area contributed by atoms with E-state index in [-0.39, 0.29) is 11.1 Å². The van der Waals surface area contributed by atoms with Gasteiger partial charge in [-0.15, -0.1) is 0 Å². The molecule has 1 aromatic heterocycles. The second-order valence-electron chi connectivity index (χ2n) is 4.33. The summed E-state index contributed by atoms with van der Waals surface area (Å²) >= 11 is 5.92. The van der Waals surface area contributed by atoms with Gasteiger partial charge >= 0.3 is 0 Å². The lowest BCUT2D eigenvalue weighted by Crippen LogP contribution is -2.26. The van der Waals surface area contributed by atoms with Gasteiger partial charge in [-0.3, -0.25) is 0 Å². The maximum absolute atomic E-state index is 13.2. The average Bonchev–Trinajstić information content (AvgIpc) is 2.38. The Hall–Kier alpha value is -1.72. The Morgan fingerprint density at radius 2 is 2.21 bits per heavy atom. The SMILES string of the molecule is Fc1cccc(Nc2nc(Cl)nc3c2CNCC3)c1. The van der Waals surface area contributed by atoms with Crippen LogP contribution in [0.3, 0.4) is 0 Å². The van der Waals surface area contributed by atoms with Gasteiger partial charge in [-0.1, -0.05) is 6.07 Å². The minimum Gasteiger partial charge on any atom is -0.340 e. The summed E-state index contributed by atoms with van der Waals surface area (Å²) in [6.07, 6.45) is 0.815. The Morgan fingerprint density at radius 3 is 3.05 bits per heavy atom. The highest BCUT2D eigenvalue weighted by Crippen LogP contribution is 2.25. The van der Waals surface area contributed by atoms with Crippen LogP contribution in [-0.4, -0.2) is 16.5 Å². The topological polar surface area (TPSA) is 49.8 Å². The molecule has 1 aliphatic heterocycles. The predicted octanol–water partition coefficient (Wildman–Crippen LogP) is 2.66. The Morgan fingerprint density at radius 1 is 1.32 bits per heavy atom. The Labute approximate surface area is 115 Å². The number of fused-ring (bicyclic) bond motifs is 1. The largest absolute Gasteiger partial charge is 0.340 e. The van der Waals surface area contributed by atoms with Gasteiger partial charge in [0.05, 0.1) is 5.69 Å². The van der Waals surface area contributed by atoms with Crippen molar-refractivity contribution in [3.8, 4) is 0 Å². The number of aromatic nitrogens is 2. The van der Waals surface area contributed by atoms with E-state index in [9.17, 15) is 4.39 Å². The number of hydrogen-bond acceptors (Lipinski definition) is 4. The third-order valence-electron chi connectivity index (χ3n) is 2.99. The van der Waals surface area contributed by atoms with Gasteiger partial charge in [0.25, 0.3) is 0 Å². The van der Waals surface area contributed by atoms with Crippen LogP contribution in [0.15, 0.2) is 24.3 Å². The lowest BCUT2D eigenvalue weighted by Gasteiger charge is -2.19. The molecular weight excluding hydrogens is 267 g/mol. The van der Waals surface area contributed by atoms with Gasteiger partial charge in [-0.05, 0) is 29.8 Å². The number of hydrogen-bond donors (Lipinski definition) is 2. The van der Waals surface area contributed by atoms with Crippen molar-refractivity contribution in [2.45, 2.75) is 13.0 Å². The highest BCUT2D eigenvalue weighted by atomic mass is 35.5. The van der Waals surface area contributed by atoms with Crippen molar-refractivity contribution in [2.75, 3.05) is 11.9 Å². The first-order valence-corrected chi connectivity index (χ1v) is 6.39. The van der Waals surface area contributed by atoms with Gasteiger partial charge in [0.1, 0.15) is 11.6 Å². The number of nitrogens with one attached hydrogen (secondary N) is 2. The van der Waals surface area contributed by atoms with E-state index in [1.807, 2.05) is 0 Å². The second-order valence-corrected chi connectivity index (χ2v) is 4.67. The number of nitrogens with zero attached hydrogens (tertiary/aromatic N) is 2. The second kappa shape index (κ2) is 5.11. The summed E-state index contributed by atoms with van der Waals surface area (Å²) < 4.78 is 13.2. The molecule has 0 unspecified atom stereocenters. The maximum Gasteiger partial charge on any atom is 0.224 e. The van der Waals surface area contributed by atoms with Crippen LogP contribution in [0.5, 0.6) is 0 Å². The molecule has 4 nitrogen and oxygen atoms in total. The number of anilines is 2. The lowest BCUT2D eigenvalue weighted by atomic mass is 10.1. The molecule has 0 saturated carbocycles. The molecule has 1 aromatic carbocycles. The van der Waals surface area contributed by atoms with Crippen LogP contribution in [0, 0.1) is 5.82 Å². The third kappa shape index (κ3) is 2.67. The highest BCUT2D eigenvalue weighted by molar-refractivity contribution is 6.28. The molecule has 0 amide bonds. The number of halogens is 2. The summed E-state index contributed by atoms with van der Waals surface area (Å²) in [4.78, 5) is 8.43. The standard InChI is InChI=1S/C13H12ClFN4/c14-13-18-11-4-5-16-7-10(11)12(19-13)17-9-3-1-2-8(15)6-9/h1-3,6,16H,4-5,7H2,(H,17,18,19). The lowest BCUT2D eigenvalue weighted by molar-refractivity contribution is 0.626. The monoisotopic (exact) mass is 278 g/mol. The molecule has 0 fully saturated rings. The van der Waals surface area contributed by atoms with Crippen LogP contribution >= 0.6 is 11.6 Å². The van der Waals surface area contributed by atoms with Crippen LogP contribution < -0.4 is 10.6 Å². The fraction of sp³-hybridized carbons (Fsp3) is 0.231. The summed E-state index contributed by atoms with van der Waals surface area (Å²) in [6, 6.07) is 6.24. The summed E-state index contributed by atoms with van der Waals surface area (Å²) in [6.45, 7) is 1.56. The molecule has 3 rings (SSSR count). The normalized spacial score (nSPS) is 14.0. The molecule has 19 heavy (non-hydrogen) atoms. The van der Waals surface area contributed by atoms with Crippen LogP contribution in [0.1, 0.15) is 11.3 Å². The van der Waals surface area contributed by atoms with E-state index in [0.29, 0.717) is 18.1 Å². The molecule has 2 aromatic rings. The Bertz CT molecular complexity index is 618. The predicted molar refractivity (Wildman–Crippen MR) is 72.1 cm³/mol. The van der Waals surface area contributed by atoms with E-state index < -0.39 is 0 Å². The minimum absolute atomic E-state index is 0.208. The van der Waals surface area contributed by atoms with E-state index >= 15 is 0 Å². The molecule has 0 saturated heterocycles. The zero-order chi connectivity index (χ0) is 13.2. The molecule has 0 atom stereocenters. The van der Waals surface area contributed by atoms with E-state index in [1.165, 1.54) is 12.1 Å². The molecule has 2 heterocycles. The molecule has 6 heteroatoms. The van der Waals surface area contributed by atoms with Crippen LogP contribution in [0.4, 0.5) is 15.9 Å². The van der Waals surface area contributed by atoms with Crippen LogP contribution in [0.2, 0.25) is 5.28 Å². The van der Waals surface area contributed by atoms with Gasteiger partial charge in [0.2, 0.25) is 5.28 Å². The zero-order valence-electron chi connectivity index (χ0n) is 10.1. The summed E-state index contributed by atoms with van der Waals surface area (Å²) in [5, 5.41) is 6.57. The molecule has 2 N–H and O–H groups in total. The van der Waals surface area contributed by atoms with Gasteiger partial charge in [0, 0.05) is 30.8 Å². The fourth-order valence-electron chi connectivity index (χ4n) is 2.12. The van der Waals surface area contributed by atoms with Gasteiger partial charge in [0.15, 0.2) is 0 Å². The molecule has 98 valence electrons. The summed E-state index contributed by atoms with van der Waals surface area (Å²) in [5.74, 6) is 0.338. The van der Waals surface area contributed by atoms with E-state index in [2.05, 4.69) is 20.6 Å². The van der Waals surface area contributed by atoms with Gasteiger partial charge in [-0.25, -0.2) is 14.4 Å². The molecule has 0 radical (unpaired) electrons. The van der Waals surface area contributed by atoms with E-state index in [4.69, 9.17) is 11.6 Å². The first-order valence-electron chi connectivity index (χ1n) is 6.01. The van der Waals surface area contributed by atoms with E-state index in [1.54, 1.807) is 12.1 Å². The third-order valence-corrected chi connectivity index (χ3v) is 3.16. The summed E-state index contributed by atoms with van der Waals surface area (Å²) in [5.41, 5.74) is 2.57. The first kappa shape index (κ1) is 12.3. The molecule has 0 aliphatic carbocycles. The molecule has 0 spiro atoms. The van der Waals surface area contributed by atoms with Crippen molar-refractivity contribution in [1.29, 1.82) is 0 Å². The van der Waals surface area contributed by atoms with Crippen molar-refractivity contribution in [2.24, 2.45) is 0 Å². The quantitative estimate of drug-likeness (QED) is 0.829. The van der Waals surface area contributed by atoms with Gasteiger partial charge < -0.3 is 10.6 Å². The van der Waals surface area contributed by atoms with Gasteiger partial charge in [-0.2, -0.15) is 0 Å². The highest BCUT2D eigenvalue weighted by Gasteiger charge is 2.17. The first-order chi connectivity index (χ1) is 9.22. The van der Waals surface area contributed by atoms with Crippen molar-refractivity contribution in [3.05, 3.63) is 46.6 Å². The number of benzene rings is 1. The van der Waals surface area contributed by atoms with Crippen LogP contribution in [0.25, 0.3) is 0 Å². The summed E-state index contributed by atoms with van der Waals surface area (Å²) in [7, 11) is 0.